The number of rotatable bonds is 3. The minimum atomic E-state index is -0.456. The standard InChI is InChI=1S/C18H12ClFN4/c19-14-11-12(7-8-15(14)20)21-17-13-5-1-2-6-16(13)22-18(23-17)24-9-3-4-10-24/h1-11H,(H,21,22,23). The summed E-state index contributed by atoms with van der Waals surface area (Å²) in [6.45, 7) is 0. The summed E-state index contributed by atoms with van der Waals surface area (Å²) in [6, 6.07) is 16.0. The first-order valence-corrected chi connectivity index (χ1v) is 7.71. The predicted molar refractivity (Wildman–Crippen MR) is 93.6 cm³/mol. The second-order valence-corrected chi connectivity index (χ2v) is 5.64. The van der Waals surface area contributed by atoms with E-state index in [9.17, 15) is 4.39 Å². The highest BCUT2D eigenvalue weighted by atomic mass is 35.5. The number of fused-ring (bicyclic) bond motifs is 1. The van der Waals surface area contributed by atoms with Crippen molar-refractivity contribution >= 4 is 34.0 Å². The Morgan fingerprint density at radius 1 is 0.958 bits per heavy atom. The van der Waals surface area contributed by atoms with Gasteiger partial charge < -0.3 is 5.32 Å². The van der Waals surface area contributed by atoms with Crippen molar-refractivity contribution in [3.63, 3.8) is 0 Å². The molecule has 0 atom stereocenters. The minimum absolute atomic E-state index is 0.0593. The molecule has 0 aliphatic carbocycles. The van der Waals surface area contributed by atoms with Crippen molar-refractivity contribution in [3.05, 3.63) is 77.8 Å². The minimum Gasteiger partial charge on any atom is -0.340 e. The summed E-state index contributed by atoms with van der Waals surface area (Å²) < 4.78 is 15.2. The lowest BCUT2D eigenvalue weighted by Crippen LogP contribution is -2.03. The molecule has 0 radical (unpaired) electrons. The maximum atomic E-state index is 13.4. The highest BCUT2D eigenvalue weighted by molar-refractivity contribution is 6.31. The fraction of sp³-hybridized carbons (Fsp3) is 0. The third-order valence-corrected chi connectivity index (χ3v) is 3.90. The fourth-order valence-electron chi connectivity index (χ4n) is 2.45. The van der Waals surface area contributed by atoms with Crippen LogP contribution in [0.2, 0.25) is 5.02 Å². The van der Waals surface area contributed by atoms with Crippen LogP contribution in [0.25, 0.3) is 16.9 Å². The average Bonchev–Trinajstić information content (AvgIpc) is 3.13. The van der Waals surface area contributed by atoms with Crippen LogP contribution in [0.15, 0.2) is 67.0 Å². The van der Waals surface area contributed by atoms with Crippen LogP contribution in [0.3, 0.4) is 0 Å². The van der Waals surface area contributed by atoms with Crippen molar-refractivity contribution in [1.29, 1.82) is 0 Å². The van der Waals surface area contributed by atoms with Gasteiger partial charge in [-0.2, -0.15) is 4.98 Å². The number of hydrogen-bond acceptors (Lipinski definition) is 3. The second kappa shape index (κ2) is 5.94. The molecule has 2 aromatic carbocycles. The molecule has 0 saturated carbocycles. The van der Waals surface area contributed by atoms with Crippen molar-refractivity contribution in [2.75, 3.05) is 5.32 Å². The zero-order valence-electron chi connectivity index (χ0n) is 12.4. The number of hydrogen-bond donors (Lipinski definition) is 1. The smallest absolute Gasteiger partial charge is 0.236 e. The number of aromatic nitrogens is 3. The van der Waals surface area contributed by atoms with E-state index in [-0.39, 0.29) is 5.02 Å². The molecule has 0 amide bonds. The second-order valence-electron chi connectivity index (χ2n) is 5.23. The van der Waals surface area contributed by atoms with Gasteiger partial charge in [0.1, 0.15) is 11.6 Å². The molecule has 118 valence electrons. The van der Waals surface area contributed by atoms with Crippen LogP contribution in [-0.2, 0) is 0 Å². The SMILES string of the molecule is Fc1ccc(Nc2nc(-n3cccc3)nc3ccccc23)cc1Cl. The lowest BCUT2D eigenvalue weighted by atomic mass is 10.2. The monoisotopic (exact) mass is 338 g/mol. The Morgan fingerprint density at radius 3 is 2.54 bits per heavy atom. The Bertz CT molecular complexity index is 1010. The molecule has 24 heavy (non-hydrogen) atoms. The van der Waals surface area contributed by atoms with Gasteiger partial charge in [0.25, 0.3) is 0 Å². The molecule has 0 spiro atoms. The summed E-state index contributed by atoms with van der Waals surface area (Å²) in [5.41, 5.74) is 1.47. The molecule has 6 heteroatoms. The molecular weight excluding hydrogens is 327 g/mol. The zero-order valence-corrected chi connectivity index (χ0v) is 13.2. The number of para-hydroxylation sites is 1. The van der Waals surface area contributed by atoms with Gasteiger partial charge in [-0.3, -0.25) is 4.57 Å². The Labute approximate surface area is 142 Å². The summed E-state index contributed by atoms with van der Waals surface area (Å²) in [7, 11) is 0. The molecule has 0 aliphatic heterocycles. The molecule has 0 unspecified atom stereocenters. The van der Waals surface area contributed by atoms with Gasteiger partial charge >= 0.3 is 0 Å². The summed E-state index contributed by atoms with van der Waals surface area (Å²) >= 11 is 5.86. The van der Waals surface area contributed by atoms with E-state index in [1.807, 2.05) is 53.4 Å². The van der Waals surface area contributed by atoms with Crippen LogP contribution in [0.4, 0.5) is 15.9 Å². The van der Waals surface area contributed by atoms with Crippen molar-refractivity contribution in [1.82, 2.24) is 14.5 Å². The number of anilines is 2. The Hall–Kier alpha value is -2.92. The summed E-state index contributed by atoms with van der Waals surface area (Å²) in [4.78, 5) is 9.17. The van der Waals surface area contributed by atoms with Gasteiger partial charge in [0.2, 0.25) is 5.95 Å². The zero-order chi connectivity index (χ0) is 16.5. The van der Waals surface area contributed by atoms with Crippen LogP contribution >= 0.6 is 11.6 Å². The van der Waals surface area contributed by atoms with Gasteiger partial charge in [-0.1, -0.05) is 23.7 Å². The van der Waals surface area contributed by atoms with Crippen LogP contribution < -0.4 is 5.32 Å². The Kier molecular flexibility index (Phi) is 3.63. The number of nitrogens with zero attached hydrogens (tertiary/aromatic N) is 3. The van der Waals surface area contributed by atoms with Gasteiger partial charge in [-0.05, 0) is 42.5 Å². The fourth-order valence-corrected chi connectivity index (χ4v) is 2.63. The molecule has 1 N–H and O–H groups in total. The summed E-state index contributed by atoms with van der Waals surface area (Å²) in [5.74, 6) is 0.726. The van der Waals surface area contributed by atoms with E-state index >= 15 is 0 Å². The quantitative estimate of drug-likeness (QED) is 0.574. The van der Waals surface area contributed by atoms with Gasteiger partial charge in [-0.15, -0.1) is 0 Å². The van der Waals surface area contributed by atoms with Gasteiger partial charge in [-0.25, -0.2) is 9.37 Å². The van der Waals surface area contributed by atoms with E-state index in [0.717, 1.165) is 10.9 Å². The Balaban J connectivity index is 1.85. The van der Waals surface area contributed by atoms with Crippen molar-refractivity contribution in [2.24, 2.45) is 0 Å². The molecule has 2 heterocycles. The van der Waals surface area contributed by atoms with E-state index in [1.165, 1.54) is 12.1 Å². The highest BCUT2D eigenvalue weighted by Gasteiger charge is 2.10. The molecule has 0 bridgehead atoms. The average molecular weight is 339 g/mol. The van der Waals surface area contributed by atoms with E-state index in [2.05, 4.69) is 15.3 Å². The topological polar surface area (TPSA) is 42.7 Å². The van der Waals surface area contributed by atoms with Crippen molar-refractivity contribution in [2.45, 2.75) is 0 Å². The van der Waals surface area contributed by atoms with Gasteiger partial charge in [0.05, 0.1) is 10.5 Å². The van der Waals surface area contributed by atoms with Crippen LogP contribution in [0, 0.1) is 5.82 Å². The lowest BCUT2D eigenvalue weighted by molar-refractivity contribution is 0.628. The summed E-state index contributed by atoms with van der Waals surface area (Å²) in [5, 5.41) is 4.13. The maximum Gasteiger partial charge on any atom is 0.236 e. The summed E-state index contributed by atoms with van der Waals surface area (Å²) in [6.07, 6.45) is 3.76. The predicted octanol–water partition coefficient (Wildman–Crippen LogP) is 4.96. The Morgan fingerprint density at radius 2 is 1.75 bits per heavy atom. The van der Waals surface area contributed by atoms with Gasteiger partial charge in [0, 0.05) is 23.5 Å². The first kappa shape index (κ1) is 14.7. The highest BCUT2D eigenvalue weighted by Crippen LogP contribution is 2.27. The first-order valence-electron chi connectivity index (χ1n) is 7.33. The molecule has 4 rings (SSSR count). The molecule has 4 nitrogen and oxygen atoms in total. The van der Waals surface area contributed by atoms with E-state index < -0.39 is 5.82 Å². The molecule has 4 aromatic rings. The third kappa shape index (κ3) is 2.70. The van der Waals surface area contributed by atoms with E-state index in [4.69, 9.17) is 11.6 Å². The van der Waals surface area contributed by atoms with Crippen LogP contribution in [0.1, 0.15) is 0 Å². The maximum absolute atomic E-state index is 13.4. The van der Waals surface area contributed by atoms with E-state index in [1.54, 1.807) is 6.07 Å². The van der Waals surface area contributed by atoms with Gasteiger partial charge in [0.15, 0.2) is 0 Å². The largest absolute Gasteiger partial charge is 0.340 e. The van der Waals surface area contributed by atoms with Crippen molar-refractivity contribution in [3.8, 4) is 5.95 Å². The molecule has 0 fully saturated rings. The van der Waals surface area contributed by atoms with E-state index in [0.29, 0.717) is 17.5 Å². The molecule has 2 aromatic heterocycles. The van der Waals surface area contributed by atoms with Crippen molar-refractivity contribution < 1.29 is 4.39 Å². The molecule has 0 aliphatic rings. The third-order valence-electron chi connectivity index (χ3n) is 3.61. The number of halogens is 2. The number of nitrogens with one attached hydrogen (secondary N) is 1. The molecule has 0 saturated heterocycles. The normalized spacial score (nSPS) is 10.9. The van der Waals surface area contributed by atoms with Crippen LogP contribution in [-0.4, -0.2) is 14.5 Å². The van der Waals surface area contributed by atoms with Crippen LogP contribution in [0.5, 0.6) is 0 Å². The lowest BCUT2D eigenvalue weighted by Gasteiger charge is -2.11. The number of benzene rings is 2. The molecular formula is C18H12ClFN4. The first-order chi connectivity index (χ1) is 11.7.